The molecule has 0 aliphatic rings. The fourth-order valence-corrected chi connectivity index (χ4v) is 3.45. The minimum atomic E-state index is -1.75. The molecule has 0 aliphatic carbocycles. The molecule has 1 aromatic heterocycles. The predicted molar refractivity (Wildman–Crippen MR) is 103 cm³/mol. The smallest absolute Gasteiger partial charge is 0.192 e. The van der Waals surface area contributed by atoms with Crippen LogP contribution in [0.2, 0.25) is 36.3 Å². The molecule has 5 heteroatoms. The van der Waals surface area contributed by atoms with Crippen molar-refractivity contribution < 1.29 is 13.3 Å². The number of hydrogen-bond acceptors (Lipinski definition) is 3. The molecule has 134 valence electrons. The highest BCUT2D eigenvalue weighted by Crippen LogP contribution is 2.38. The molecule has 0 saturated carbocycles. The number of hydrogen-bond donors (Lipinski definition) is 0. The van der Waals surface area contributed by atoms with Crippen molar-refractivity contribution in [2.75, 3.05) is 0 Å². The quantitative estimate of drug-likeness (QED) is 0.559. The van der Waals surface area contributed by atoms with Gasteiger partial charge in [0.2, 0.25) is 0 Å². The van der Waals surface area contributed by atoms with Crippen molar-refractivity contribution in [3.05, 3.63) is 23.7 Å². The lowest BCUT2D eigenvalue weighted by molar-refractivity contribution is 0.258. The molecule has 0 saturated heterocycles. The van der Waals surface area contributed by atoms with Crippen LogP contribution in [0.1, 0.15) is 52.7 Å². The van der Waals surface area contributed by atoms with E-state index in [1.54, 1.807) is 12.5 Å². The molecule has 0 radical (unpaired) electrons. The van der Waals surface area contributed by atoms with Crippen LogP contribution in [0, 0.1) is 0 Å². The Hall–Kier alpha value is -0.366. The Labute approximate surface area is 145 Å². The molecule has 0 N–H and O–H groups in total. The highest BCUT2D eigenvalue weighted by atomic mass is 28.4. The van der Waals surface area contributed by atoms with E-state index < -0.39 is 16.6 Å². The van der Waals surface area contributed by atoms with Crippen molar-refractivity contribution >= 4 is 16.6 Å². The molecule has 0 bridgehead atoms. The zero-order chi connectivity index (χ0) is 18.1. The van der Waals surface area contributed by atoms with Gasteiger partial charge >= 0.3 is 0 Å². The third-order valence-electron chi connectivity index (χ3n) is 5.62. The molecular weight excluding hydrogens is 320 g/mol. The van der Waals surface area contributed by atoms with Gasteiger partial charge in [-0.2, -0.15) is 0 Å². The lowest BCUT2D eigenvalue weighted by Gasteiger charge is -2.36. The second-order valence-corrected chi connectivity index (χ2v) is 19.1. The van der Waals surface area contributed by atoms with E-state index in [4.69, 9.17) is 13.3 Å². The van der Waals surface area contributed by atoms with Crippen LogP contribution >= 0.6 is 0 Å². The minimum Gasteiger partial charge on any atom is -0.472 e. The molecular formula is C18H36O3Si2. The molecule has 0 unspecified atom stereocenters. The highest BCUT2D eigenvalue weighted by molar-refractivity contribution is 6.74. The summed E-state index contributed by atoms with van der Waals surface area (Å²) in [6.45, 7) is 23.9. The lowest BCUT2D eigenvalue weighted by atomic mass is 10.2. The van der Waals surface area contributed by atoms with E-state index in [0.29, 0.717) is 13.2 Å². The first kappa shape index (κ1) is 20.7. The summed E-state index contributed by atoms with van der Waals surface area (Å²) in [6, 6.07) is 0. The third-order valence-corrected chi connectivity index (χ3v) is 14.6. The molecule has 0 amide bonds. The first-order valence-electron chi connectivity index (χ1n) is 8.49. The van der Waals surface area contributed by atoms with Crippen LogP contribution in [0.3, 0.4) is 0 Å². The first-order valence-corrected chi connectivity index (χ1v) is 14.3. The first-order chi connectivity index (χ1) is 10.2. The Morgan fingerprint density at radius 2 is 1.04 bits per heavy atom. The van der Waals surface area contributed by atoms with Crippen LogP contribution in [-0.4, -0.2) is 16.6 Å². The van der Waals surface area contributed by atoms with Crippen molar-refractivity contribution in [3.63, 3.8) is 0 Å². The summed E-state index contributed by atoms with van der Waals surface area (Å²) in [7, 11) is -3.49. The lowest BCUT2D eigenvalue weighted by Crippen LogP contribution is -2.41. The fraction of sp³-hybridized carbons (Fsp3) is 0.778. The van der Waals surface area contributed by atoms with Crippen LogP contribution in [-0.2, 0) is 22.1 Å². The van der Waals surface area contributed by atoms with Gasteiger partial charge in [0.25, 0.3) is 0 Å². The summed E-state index contributed by atoms with van der Waals surface area (Å²) >= 11 is 0. The maximum atomic E-state index is 6.31. The molecule has 0 atom stereocenters. The Bertz CT molecular complexity index is 461. The van der Waals surface area contributed by atoms with Crippen molar-refractivity contribution in [2.24, 2.45) is 0 Å². The van der Waals surface area contributed by atoms with E-state index in [1.807, 2.05) is 0 Å². The average molecular weight is 357 g/mol. The van der Waals surface area contributed by atoms with Gasteiger partial charge in [-0.15, -0.1) is 0 Å². The Kier molecular flexibility index (Phi) is 6.17. The van der Waals surface area contributed by atoms with E-state index in [1.165, 1.54) is 0 Å². The average Bonchev–Trinajstić information content (AvgIpc) is 2.78. The van der Waals surface area contributed by atoms with E-state index in [0.717, 1.165) is 11.1 Å². The molecule has 1 rings (SSSR count). The monoisotopic (exact) mass is 356 g/mol. The van der Waals surface area contributed by atoms with Crippen LogP contribution in [0.4, 0.5) is 0 Å². The van der Waals surface area contributed by atoms with Gasteiger partial charge in [-0.25, -0.2) is 0 Å². The van der Waals surface area contributed by atoms with Gasteiger partial charge in [0.05, 0.1) is 25.7 Å². The zero-order valence-corrected chi connectivity index (χ0v) is 18.8. The van der Waals surface area contributed by atoms with E-state index >= 15 is 0 Å². The Morgan fingerprint density at radius 3 is 1.30 bits per heavy atom. The molecule has 0 spiro atoms. The molecule has 0 aliphatic heterocycles. The summed E-state index contributed by atoms with van der Waals surface area (Å²) in [5.41, 5.74) is 2.24. The molecule has 3 nitrogen and oxygen atoms in total. The Balaban J connectivity index is 2.72. The largest absolute Gasteiger partial charge is 0.472 e. The summed E-state index contributed by atoms with van der Waals surface area (Å²) in [4.78, 5) is 0. The van der Waals surface area contributed by atoms with Gasteiger partial charge in [-0.3, -0.25) is 0 Å². The maximum Gasteiger partial charge on any atom is 0.192 e. The SMILES string of the molecule is CC(C)(C)[Si](C)(C)OCc1cocc1CO[Si](C)(C)C(C)(C)C. The third kappa shape index (κ3) is 5.31. The summed E-state index contributed by atoms with van der Waals surface area (Å²) in [5, 5.41) is 0.434. The Morgan fingerprint density at radius 1 is 0.739 bits per heavy atom. The standard InChI is InChI=1S/C18H36O3Si2/c1-17(2,3)22(7,8)20-13-15-11-19-12-16(15)14-21-23(9,10)18(4,5)6/h11-12H,13-14H2,1-10H3. The van der Waals surface area contributed by atoms with Gasteiger partial charge < -0.3 is 13.3 Å². The van der Waals surface area contributed by atoms with Crippen molar-refractivity contribution in [1.29, 1.82) is 0 Å². The van der Waals surface area contributed by atoms with Crippen LogP contribution in [0.25, 0.3) is 0 Å². The zero-order valence-electron chi connectivity index (χ0n) is 16.8. The minimum absolute atomic E-state index is 0.217. The van der Waals surface area contributed by atoms with Crippen LogP contribution < -0.4 is 0 Å². The molecule has 0 aromatic carbocycles. The normalized spacial score (nSPS) is 14.3. The highest BCUT2D eigenvalue weighted by Gasteiger charge is 2.38. The van der Waals surface area contributed by atoms with Gasteiger partial charge in [-0.05, 0) is 36.3 Å². The topological polar surface area (TPSA) is 31.6 Å². The molecule has 0 fully saturated rings. The van der Waals surface area contributed by atoms with Gasteiger partial charge in [0.1, 0.15) is 0 Å². The number of furan rings is 1. The second kappa shape index (κ2) is 6.86. The van der Waals surface area contributed by atoms with Crippen LogP contribution in [0.15, 0.2) is 16.9 Å². The fourth-order valence-electron chi connectivity index (χ4n) is 1.55. The van der Waals surface area contributed by atoms with E-state index in [-0.39, 0.29) is 10.1 Å². The van der Waals surface area contributed by atoms with Gasteiger partial charge in [0, 0.05) is 11.1 Å². The molecule has 23 heavy (non-hydrogen) atoms. The summed E-state index contributed by atoms with van der Waals surface area (Å²) in [5.74, 6) is 0. The van der Waals surface area contributed by atoms with E-state index in [9.17, 15) is 0 Å². The van der Waals surface area contributed by atoms with Crippen molar-refractivity contribution in [3.8, 4) is 0 Å². The molecule has 1 aromatic rings. The summed E-state index contributed by atoms with van der Waals surface area (Å²) < 4.78 is 18.0. The maximum absolute atomic E-state index is 6.31. The van der Waals surface area contributed by atoms with Crippen LogP contribution in [0.5, 0.6) is 0 Å². The van der Waals surface area contributed by atoms with Crippen molar-refractivity contribution in [1.82, 2.24) is 0 Å². The number of rotatable bonds is 6. The predicted octanol–water partition coefficient (Wildman–Crippen LogP) is 6.32. The second-order valence-electron chi connectivity index (χ2n) is 9.52. The molecule has 1 heterocycles. The van der Waals surface area contributed by atoms with Gasteiger partial charge in [-0.1, -0.05) is 41.5 Å². The van der Waals surface area contributed by atoms with Crippen molar-refractivity contribution in [2.45, 2.75) is 91.0 Å². The summed E-state index contributed by atoms with van der Waals surface area (Å²) in [6.07, 6.45) is 3.61. The van der Waals surface area contributed by atoms with Gasteiger partial charge in [0.15, 0.2) is 16.6 Å². The van der Waals surface area contributed by atoms with E-state index in [2.05, 4.69) is 67.7 Å².